The van der Waals surface area contributed by atoms with E-state index in [-0.39, 0.29) is 30.9 Å². The van der Waals surface area contributed by atoms with E-state index in [2.05, 4.69) is 9.36 Å². The van der Waals surface area contributed by atoms with Crippen molar-refractivity contribution in [3.05, 3.63) is 34.6 Å². The average molecular weight is 472 g/mol. The molecule has 1 spiro atoms. The van der Waals surface area contributed by atoms with Gasteiger partial charge in [-0.2, -0.15) is 30.3 Å². The topological polar surface area (TPSA) is 89.2 Å². The third-order valence-corrected chi connectivity index (χ3v) is 7.55. The molecule has 1 aliphatic heterocycles. The Morgan fingerprint density at radius 2 is 1.83 bits per heavy atom. The predicted molar refractivity (Wildman–Crippen MR) is 94.3 cm³/mol. The molecule has 1 aliphatic carbocycles. The first-order valence-corrected chi connectivity index (χ1v) is 10.9. The van der Waals surface area contributed by atoms with E-state index in [9.17, 15) is 34.8 Å². The van der Waals surface area contributed by atoms with E-state index in [1.165, 1.54) is 0 Å². The highest BCUT2D eigenvalue weighted by Crippen LogP contribution is 2.75. The molecule has 164 valence electrons. The minimum absolute atomic E-state index is 0.142. The van der Waals surface area contributed by atoms with Crippen LogP contribution in [0.4, 0.5) is 26.3 Å². The number of nitrogens with two attached hydrogens (primary N) is 1. The summed E-state index contributed by atoms with van der Waals surface area (Å²) in [6.07, 6.45) is -5.21. The van der Waals surface area contributed by atoms with E-state index in [4.69, 9.17) is 5.14 Å². The normalized spacial score (nSPS) is 23.6. The van der Waals surface area contributed by atoms with Crippen molar-refractivity contribution in [3.8, 4) is 11.4 Å². The molecule has 0 radical (unpaired) electrons. The van der Waals surface area contributed by atoms with E-state index >= 15 is 0 Å². The Morgan fingerprint density at radius 3 is 2.40 bits per heavy atom. The molecule has 0 bridgehead atoms. The zero-order valence-corrected chi connectivity index (χ0v) is 16.6. The van der Waals surface area contributed by atoms with Crippen LogP contribution in [0.1, 0.15) is 29.3 Å². The average Bonchev–Trinajstić information content (AvgIpc) is 2.95. The smallest absolute Gasteiger partial charge is 0.219 e. The minimum atomic E-state index is -4.88. The van der Waals surface area contributed by atoms with Crippen molar-refractivity contribution < 1.29 is 34.8 Å². The molecule has 2 fully saturated rings. The maximum Gasteiger partial charge on any atom is 0.417 e. The van der Waals surface area contributed by atoms with Gasteiger partial charge in [0.15, 0.2) is 5.82 Å². The maximum absolute atomic E-state index is 14.7. The van der Waals surface area contributed by atoms with Gasteiger partial charge < -0.3 is 0 Å². The van der Waals surface area contributed by atoms with Gasteiger partial charge in [-0.15, -0.1) is 0 Å². The van der Waals surface area contributed by atoms with Crippen LogP contribution in [-0.2, 0) is 16.4 Å². The lowest BCUT2D eigenvalue weighted by molar-refractivity contribution is -0.137. The Morgan fingerprint density at radius 1 is 1.20 bits per heavy atom. The van der Waals surface area contributed by atoms with Gasteiger partial charge in [-0.05, 0) is 42.6 Å². The first-order valence-electron chi connectivity index (χ1n) is 8.64. The maximum atomic E-state index is 14.7. The fraction of sp³-hybridized carbons (Fsp3) is 0.500. The summed E-state index contributed by atoms with van der Waals surface area (Å²) >= 11 is 0.556. The van der Waals surface area contributed by atoms with Crippen LogP contribution in [0.2, 0.25) is 0 Å². The molecule has 1 aromatic carbocycles. The lowest BCUT2D eigenvalue weighted by Crippen LogP contribution is -2.43. The summed E-state index contributed by atoms with van der Waals surface area (Å²) in [6.45, 7) is -0.375. The van der Waals surface area contributed by atoms with Crippen LogP contribution < -0.4 is 5.14 Å². The fourth-order valence-corrected chi connectivity index (χ4v) is 5.69. The monoisotopic (exact) mass is 472 g/mol. The molecule has 0 amide bonds. The molecule has 2 aromatic rings. The number of halogens is 6. The van der Waals surface area contributed by atoms with Crippen molar-refractivity contribution in [1.29, 1.82) is 0 Å². The highest BCUT2D eigenvalue weighted by molar-refractivity contribution is 7.86. The van der Waals surface area contributed by atoms with Crippen LogP contribution in [0.15, 0.2) is 18.2 Å². The summed E-state index contributed by atoms with van der Waals surface area (Å²) < 4.78 is 110. The molecule has 4 rings (SSSR count). The molecule has 1 saturated carbocycles. The summed E-state index contributed by atoms with van der Waals surface area (Å²) in [6, 6.07) is 1.96. The van der Waals surface area contributed by atoms with Crippen LogP contribution in [0.3, 0.4) is 0 Å². The largest absolute Gasteiger partial charge is 0.417 e. The van der Waals surface area contributed by atoms with Crippen LogP contribution in [0.5, 0.6) is 0 Å². The summed E-state index contributed by atoms with van der Waals surface area (Å²) in [5.74, 6) is -6.10. The summed E-state index contributed by atoms with van der Waals surface area (Å²) in [4.78, 5) is 3.91. The molecular formula is C16H14F6N4O2S2. The van der Waals surface area contributed by atoms with Crippen molar-refractivity contribution in [2.24, 2.45) is 10.6 Å². The van der Waals surface area contributed by atoms with E-state index in [0.717, 1.165) is 16.4 Å². The van der Waals surface area contributed by atoms with E-state index in [1.807, 2.05) is 0 Å². The Hall–Kier alpha value is -1.77. The summed E-state index contributed by atoms with van der Waals surface area (Å²) in [5.41, 5.74) is -3.35. The molecule has 1 atom stereocenters. The lowest BCUT2D eigenvalue weighted by atomic mass is 9.91. The van der Waals surface area contributed by atoms with Gasteiger partial charge >= 0.3 is 6.18 Å². The van der Waals surface area contributed by atoms with Crippen LogP contribution in [0, 0.1) is 11.2 Å². The summed E-state index contributed by atoms with van der Waals surface area (Å²) in [5, 5.41) is 4.89. The van der Waals surface area contributed by atoms with E-state index in [0.29, 0.717) is 17.6 Å². The quantitative estimate of drug-likeness (QED) is 0.694. The molecule has 6 nitrogen and oxygen atoms in total. The highest BCUT2D eigenvalue weighted by Gasteiger charge is 2.81. The number of piperidine rings is 1. The molecule has 2 N–H and O–H groups in total. The van der Waals surface area contributed by atoms with Gasteiger partial charge in [0.25, 0.3) is 16.1 Å². The number of hydrogen-bond donors (Lipinski definition) is 1. The SMILES string of the molecule is NS(=O)(=O)N1CCC2(CC1)C(c1nc(-c3ccc(F)cc3C(F)(F)F)ns1)C2(F)F. The number of benzene rings is 1. The predicted octanol–water partition coefficient (Wildman–Crippen LogP) is 3.38. The van der Waals surface area contributed by atoms with Crippen molar-refractivity contribution in [1.82, 2.24) is 13.7 Å². The number of rotatable bonds is 3. The second kappa shape index (κ2) is 6.61. The van der Waals surface area contributed by atoms with Gasteiger partial charge in [0.05, 0.1) is 16.9 Å². The van der Waals surface area contributed by atoms with Crippen LogP contribution >= 0.6 is 11.5 Å². The highest BCUT2D eigenvalue weighted by atomic mass is 32.2. The van der Waals surface area contributed by atoms with E-state index < -0.39 is 56.4 Å². The standard InChI is InChI=1S/C16H14F6N4O2S2/c17-8-1-2-9(10(7-8)16(20,21)22)12-24-13(29-25-12)11-14(15(11,18)19)3-5-26(6-4-14)30(23,27)28/h1-2,7,11H,3-6H2,(H2,23,27,28). The van der Waals surface area contributed by atoms with Crippen molar-refractivity contribution in [3.63, 3.8) is 0 Å². The van der Waals surface area contributed by atoms with Crippen molar-refractivity contribution >= 4 is 21.7 Å². The number of nitrogens with zero attached hydrogens (tertiary/aromatic N) is 3. The summed E-state index contributed by atoms with van der Waals surface area (Å²) in [7, 11) is -4.00. The van der Waals surface area contributed by atoms with Gasteiger partial charge in [0.2, 0.25) is 0 Å². The molecular weight excluding hydrogens is 458 g/mol. The minimum Gasteiger partial charge on any atom is -0.219 e. The Kier molecular flexibility index (Phi) is 4.73. The molecule has 1 saturated heterocycles. The first kappa shape index (κ1) is 21.5. The number of alkyl halides is 5. The van der Waals surface area contributed by atoms with Gasteiger partial charge in [0, 0.05) is 18.7 Å². The zero-order valence-electron chi connectivity index (χ0n) is 15.0. The van der Waals surface area contributed by atoms with Gasteiger partial charge in [-0.25, -0.2) is 23.3 Å². The molecule has 30 heavy (non-hydrogen) atoms. The second-order valence-corrected chi connectivity index (χ2v) is 9.63. The number of hydrogen-bond acceptors (Lipinski definition) is 5. The van der Waals surface area contributed by atoms with Crippen LogP contribution in [0.25, 0.3) is 11.4 Å². The van der Waals surface area contributed by atoms with Crippen LogP contribution in [-0.4, -0.2) is 41.1 Å². The molecule has 2 heterocycles. The van der Waals surface area contributed by atoms with Gasteiger partial charge in [0.1, 0.15) is 10.8 Å². The van der Waals surface area contributed by atoms with E-state index in [1.54, 1.807) is 0 Å². The third-order valence-electron chi connectivity index (χ3n) is 5.69. The Bertz CT molecular complexity index is 1090. The third kappa shape index (κ3) is 3.29. The molecule has 1 unspecified atom stereocenters. The number of aromatic nitrogens is 2. The molecule has 2 aliphatic rings. The van der Waals surface area contributed by atoms with Gasteiger partial charge in [-0.1, -0.05) is 0 Å². The molecule has 14 heteroatoms. The van der Waals surface area contributed by atoms with Crippen molar-refractivity contribution in [2.75, 3.05) is 13.1 Å². The molecule has 1 aromatic heterocycles. The second-order valence-electron chi connectivity index (χ2n) is 7.30. The lowest BCUT2D eigenvalue weighted by Gasteiger charge is -2.30. The first-order chi connectivity index (χ1) is 13.8. The Balaban J connectivity index is 1.63. The Labute approximate surface area is 171 Å². The zero-order chi connectivity index (χ0) is 22.1. The van der Waals surface area contributed by atoms with Gasteiger partial charge in [-0.3, -0.25) is 0 Å². The van der Waals surface area contributed by atoms with Crippen molar-refractivity contribution in [2.45, 2.75) is 30.9 Å². The fourth-order valence-electron chi connectivity index (χ4n) is 4.07.